The second-order valence-corrected chi connectivity index (χ2v) is 5.01. The summed E-state index contributed by atoms with van der Waals surface area (Å²) in [4.78, 5) is 22.1. The van der Waals surface area contributed by atoms with E-state index >= 15 is 0 Å². The maximum absolute atomic E-state index is 11.2. The van der Waals surface area contributed by atoms with Crippen LogP contribution in [0.15, 0.2) is 23.8 Å². The summed E-state index contributed by atoms with van der Waals surface area (Å²) in [6.45, 7) is 7.48. The van der Waals surface area contributed by atoms with Gasteiger partial charge < -0.3 is 10.2 Å². The van der Waals surface area contributed by atoms with E-state index in [0.29, 0.717) is 18.4 Å². The molecular formula is C16H26O4. The highest BCUT2D eigenvalue weighted by atomic mass is 16.4. The predicted octanol–water partition coefficient (Wildman–Crippen LogP) is 4.02. The summed E-state index contributed by atoms with van der Waals surface area (Å²) in [5, 5.41) is 18.1. The van der Waals surface area contributed by atoms with E-state index in [0.717, 1.165) is 25.7 Å². The molecule has 0 aromatic rings. The van der Waals surface area contributed by atoms with Crippen molar-refractivity contribution in [2.45, 2.75) is 58.8 Å². The molecule has 0 aliphatic rings. The Labute approximate surface area is 121 Å². The first-order valence-corrected chi connectivity index (χ1v) is 7.30. The zero-order valence-corrected chi connectivity index (χ0v) is 12.5. The van der Waals surface area contributed by atoms with Gasteiger partial charge in [-0.25, -0.2) is 9.59 Å². The highest BCUT2D eigenvalue weighted by Crippen LogP contribution is 2.20. The van der Waals surface area contributed by atoms with Gasteiger partial charge in [-0.2, -0.15) is 0 Å². The van der Waals surface area contributed by atoms with Crippen molar-refractivity contribution in [3.05, 3.63) is 23.8 Å². The number of allylic oxidation sites excluding steroid dienone is 1. The fourth-order valence-electron chi connectivity index (χ4n) is 2.05. The third-order valence-corrected chi connectivity index (χ3v) is 3.39. The fourth-order valence-corrected chi connectivity index (χ4v) is 2.05. The molecule has 0 fully saturated rings. The number of carboxylic acid groups (broad SMARTS) is 2. The third kappa shape index (κ3) is 7.12. The molecule has 114 valence electrons. The van der Waals surface area contributed by atoms with Gasteiger partial charge >= 0.3 is 11.9 Å². The Kier molecular flexibility index (Phi) is 9.43. The molecule has 2 N–H and O–H groups in total. The first kappa shape index (κ1) is 18.4. The number of carboxylic acids is 2. The lowest BCUT2D eigenvalue weighted by Gasteiger charge is -2.12. The van der Waals surface area contributed by atoms with Crippen LogP contribution in [-0.4, -0.2) is 22.2 Å². The van der Waals surface area contributed by atoms with Crippen LogP contribution in [0.1, 0.15) is 58.8 Å². The summed E-state index contributed by atoms with van der Waals surface area (Å²) in [5.41, 5.74) is 0.355. The standard InChI is InChI=1S/C16H26O4/c1-4-6-7-8-9-10-14(16(19)20)11-13(5-2)12(3)15(17)18/h11,13H,3-10H2,1-2H3,(H,17,18)(H,19,20). The first-order chi connectivity index (χ1) is 9.43. The lowest BCUT2D eigenvalue weighted by atomic mass is 9.93. The van der Waals surface area contributed by atoms with Gasteiger partial charge in [0, 0.05) is 17.1 Å². The van der Waals surface area contributed by atoms with Crippen molar-refractivity contribution >= 4 is 11.9 Å². The van der Waals surface area contributed by atoms with Gasteiger partial charge in [0.1, 0.15) is 0 Å². The lowest BCUT2D eigenvalue weighted by Crippen LogP contribution is -2.11. The fraction of sp³-hybridized carbons (Fsp3) is 0.625. The monoisotopic (exact) mass is 282 g/mol. The molecule has 0 aromatic heterocycles. The Morgan fingerprint density at radius 1 is 1.05 bits per heavy atom. The Morgan fingerprint density at radius 2 is 1.65 bits per heavy atom. The van der Waals surface area contributed by atoms with E-state index in [1.807, 2.05) is 6.92 Å². The summed E-state index contributed by atoms with van der Waals surface area (Å²) < 4.78 is 0. The smallest absolute Gasteiger partial charge is 0.331 e. The molecule has 0 saturated heterocycles. The summed E-state index contributed by atoms with van der Waals surface area (Å²) in [7, 11) is 0. The number of rotatable bonds is 11. The van der Waals surface area contributed by atoms with Crippen LogP contribution in [0.25, 0.3) is 0 Å². The Morgan fingerprint density at radius 3 is 2.10 bits per heavy atom. The highest BCUT2D eigenvalue weighted by molar-refractivity contribution is 5.89. The molecule has 4 nitrogen and oxygen atoms in total. The van der Waals surface area contributed by atoms with Crippen LogP contribution in [0.2, 0.25) is 0 Å². The van der Waals surface area contributed by atoms with Crippen molar-refractivity contribution in [3.63, 3.8) is 0 Å². The summed E-state index contributed by atoms with van der Waals surface area (Å²) in [6.07, 6.45) is 7.85. The molecule has 0 bridgehead atoms. The highest BCUT2D eigenvalue weighted by Gasteiger charge is 2.17. The van der Waals surface area contributed by atoms with Gasteiger partial charge in [0.25, 0.3) is 0 Å². The normalized spacial score (nSPS) is 13.0. The van der Waals surface area contributed by atoms with Crippen LogP contribution in [-0.2, 0) is 9.59 Å². The van der Waals surface area contributed by atoms with Crippen molar-refractivity contribution in [1.29, 1.82) is 0 Å². The van der Waals surface area contributed by atoms with Crippen LogP contribution in [0, 0.1) is 5.92 Å². The summed E-state index contributed by atoms with van der Waals surface area (Å²) in [5.74, 6) is -2.44. The number of hydrogen-bond acceptors (Lipinski definition) is 2. The van der Waals surface area contributed by atoms with Crippen molar-refractivity contribution in [1.82, 2.24) is 0 Å². The van der Waals surface area contributed by atoms with Crippen LogP contribution < -0.4 is 0 Å². The molecule has 0 aliphatic heterocycles. The molecule has 1 unspecified atom stereocenters. The summed E-state index contributed by atoms with van der Waals surface area (Å²) in [6, 6.07) is 0. The van der Waals surface area contributed by atoms with Gasteiger partial charge in [-0.3, -0.25) is 0 Å². The van der Waals surface area contributed by atoms with Crippen molar-refractivity contribution in [2.24, 2.45) is 5.92 Å². The lowest BCUT2D eigenvalue weighted by molar-refractivity contribution is -0.134. The van der Waals surface area contributed by atoms with Gasteiger partial charge in [-0.1, -0.05) is 52.2 Å². The molecule has 0 rings (SSSR count). The largest absolute Gasteiger partial charge is 0.478 e. The van der Waals surface area contributed by atoms with E-state index in [9.17, 15) is 14.7 Å². The number of aliphatic carboxylic acids is 2. The van der Waals surface area contributed by atoms with E-state index in [-0.39, 0.29) is 5.57 Å². The molecule has 20 heavy (non-hydrogen) atoms. The molecule has 0 saturated carbocycles. The van der Waals surface area contributed by atoms with Crippen LogP contribution in [0.4, 0.5) is 0 Å². The first-order valence-electron chi connectivity index (χ1n) is 7.30. The average Bonchev–Trinajstić information content (AvgIpc) is 2.40. The predicted molar refractivity (Wildman–Crippen MR) is 79.7 cm³/mol. The SMILES string of the molecule is C=C(C(=O)O)C(C=C(CCCCCCC)C(=O)O)CC. The van der Waals surface area contributed by atoms with Gasteiger partial charge in [-0.05, 0) is 19.3 Å². The molecular weight excluding hydrogens is 256 g/mol. The molecule has 0 aromatic carbocycles. The molecule has 4 heteroatoms. The molecule has 0 aliphatic carbocycles. The molecule has 0 amide bonds. The zero-order chi connectivity index (χ0) is 15.5. The minimum atomic E-state index is -1.07. The average molecular weight is 282 g/mol. The van der Waals surface area contributed by atoms with Gasteiger partial charge in [0.05, 0.1) is 0 Å². The van der Waals surface area contributed by atoms with E-state index in [1.165, 1.54) is 6.42 Å². The van der Waals surface area contributed by atoms with Crippen molar-refractivity contribution < 1.29 is 19.8 Å². The van der Waals surface area contributed by atoms with E-state index in [4.69, 9.17) is 5.11 Å². The van der Waals surface area contributed by atoms with E-state index in [2.05, 4.69) is 13.5 Å². The van der Waals surface area contributed by atoms with Crippen LogP contribution in [0.5, 0.6) is 0 Å². The minimum Gasteiger partial charge on any atom is -0.478 e. The number of unbranched alkanes of at least 4 members (excludes halogenated alkanes) is 4. The quantitative estimate of drug-likeness (QED) is 0.443. The van der Waals surface area contributed by atoms with Crippen molar-refractivity contribution in [2.75, 3.05) is 0 Å². The second kappa shape index (κ2) is 10.2. The molecule has 1 atom stereocenters. The molecule has 0 spiro atoms. The number of hydrogen-bond donors (Lipinski definition) is 2. The number of carbonyl (C=O) groups is 2. The van der Waals surface area contributed by atoms with Crippen molar-refractivity contribution in [3.8, 4) is 0 Å². The van der Waals surface area contributed by atoms with Crippen LogP contribution >= 0.6 is 0 Å². The summed E-state index contributed by atoms with van der Waals surface area (Å²) >= 11 is 0. The van der Waals surface area contributed by atoms with Crippen LogP contribution in [0.3, 0.4) is 0 Å². The molecule has 0 heterocycles. The third-order valence-electron chi connectivity index (χ3n) is 3.39. The van der Waals surface area contributed by atoms with E-state index in [1.54, 1.807) is 6.08 Å². The second-order valence-electron chi connectivity index (χ2n) is 5.01. The van der Waals surface area contributed by atoms with Gasteiger partial charge in [0.15, 0.2) is 0 Å². The Bertz CT molecular complexity index is 369. The minimum absolute atomic E-state index is 0.0530. The molecule has 0 radical (unpaired) electrons. The maximum atomic E-state index is 11.2. The van der Waals surface area contributed by atoms with E-state index < -0.39 is 17.9 Å². The Hall–Kier alpha value is -1.58. The zero-order valence-electron chi connectivity index (χ0n) is 12.5. The maximum Gasteiger partial charge on any atom is 0.331 e. The van der Waals surface area contributed by atoms with Gasteiger partial charge in [0.2, 0.25) is 0 Å². The van der Waals surface area contributed by atoms with Gasteiger partial charge in [-0.15, -0.1) is 0 Å². The Balaban J connectivity index is 4.62. The topological polar surface area (TPSA) is 74.6 Å².